The third kappa shape index (κ3) is 6.04. The van der Waals surface area contributed by atoms with Gasteiger partial charge in [-0.2, -0.15) is 0 Å². The topological polar surface area (TPSA) is 61.8 Å². The lowest BCUT2D eigenvalue weighted by molar-refractivity contribution is 0.0285. The number of aliphatic hydroxyl groups is 1. The number of anilines is 1. The number of nitrogens with zero attached hydrogens (tertiary/aromatic N) is 1. The molecule has 2 N–H and O–H groups in total. The van der Waals surface area contributed by atoms with Crippen LogP contribution in [0.25, 0.3) is 0 Å². The summed E-state index contributed by atoms with van der Waals surface area (Å²) in [5.74, 6) is 0. The number of benzene rings is 1. The quantitative estimate of drug-likeness (QED) is 0.880. The van der Waals surface area contributed by atoms with Gasteiger partial charge in [-0.15, -0.1) is 0 Å². The summed E-state index contributed by atoms with van der Waals surface area (Å²) in [4.78, 5) is 13.6. The number of aliphatic hydroxyl groups excluding tert-OH is 1. The first-order chi connectivity index (χ1) is 11.2. The van der Waals surface area contributed by atoms with E-state index >= 15 is 0 Å². The molecule has 5 heteroatoms. The van der Waals surface area contributed by atoms with Crippen LogP contribution >= 0.6 is 0 Å². The van der Waals surface area contributed by atoms with E-state index in [4.69, 9.17) is 4.74 Å². The van der Waals surface area contributed by atoms with Gasteiger partial charge < -0.3 is 20.1 Å². The average Bonchev–Trinajstić information content (AvgIpc) is 2.48. The molecular formula is C19H30N2O3. The second-order valence-corrected chi connectivity index (χ2v) is 7.69. The van der Waals surface area contributed by atoms with Crippen LogP contribution in [0.15, 0.2) is 24.3 Å². The van der Waals surface area contributed by atoms with Crippen LogP contribution in [0, 0.1) is 0 Å². The second kappa shape index (κ2) is 7.88. The van der Waals surface area contributed by atoms with Crippen LogP contribution in [-0.4, -0.2) is 40.9 Å². The summed E-state index contributed by atoms with van der Waals surface area (Å²) in [5, 5.41) is 13.1. The number of hydrogen-bond acceptors (Lipinski definition) is 4. The summed E-state index contributed by atoms with van der Waals surface area (Å²) in [6, 6.07) is 8.54. The molecule has 0 aliphatic heterocycles. The van der Waals surface area contributed by atoms with Crippen molar-refractivity contribution < 1.29 is 14.6 Å². The molecule has 0 atom stereocenters. The van der Waals surface area contributed by atoms with Gasteiger partial charge in [-0.05, 0) is 64.2 Å². The summed E-state index contributed by atoms with van der Waals surface area (Å²) in [7, 11) is 1.75. The maximum Gasteiger partial charge on any atom is 0.410 e. The Bertz CT molecular complexity index is 546. The fourth-order valence-corrected chi connectivity index (χ4v) is 2.89. The number of hydrogen-bond donors (Lipinski definition) is 2. The van der Waals surface area contributed by atoms with E-state index in [2.05, 4.69) is 11.4 Å². The first kappa shape index (κ1) is 18.6. The van der Waals surface area contributed by atoms with E-state index in [1.54, 1.807) is 11.9 Å². The number of ether oxygens (including phenoxy) is 1. The molecule has 1 aliphatic rings. The predicted molar refractivity (Wildman–Crippen MR) is 96.0 cm³/mol. The summed E-state index contributed by atoms with van der Waals surface area (Å²) >= 11 is 0. The van der Waals surface area contributed by atoms with Gasteiger partial charge in [0.15, 0.2) is 0 Å². The van der Waals surface area contributed by atoms with E-state index in [1.165, 1.54) is 0 Å². The molecule has 1 amide bonds. The summed E-state index contributed by atoms with van der Waals surface area (Å²) in [5.41, 5.74) is 1.64. The molecule has 0 radical (unpaired) electrons. The fraction of sp³-hybridized carbons (Fsp3) is 0.632. The standard InChI is InChI=1S/C19H30N2O3/c1-19(2,3)24-18(23)21(4)13-14-6-5-7-16(12-14)20-15-8-10-17(22)11-9-15/h5-7,12,15,17,20,22H,8-11,13H2,1-4H3. The minimum atomic E-state index is -0.486. The lowest BCUT2D eigenvalue weighted by Crippen LogP contribution is -2.33. The van der Waals surface area contributed by atoms with Gasteiger partial charge in [0.2, 0.25) is 0 Å². The molecule has 134 valence electrons. The van der Waals surface area contributed by atoms with Crippen molar-refractivity contribution in [1.82, 2.24) is 4.90 Å². The van der Waals surface area contributed by atoms with E-state index < -0.39 is 5.60 Å². The molecule has 1 saturated carbocycles. The van der Waals surface area contributed by atoms with Gasteiger partial charge in [0.25, 0.3) is 0 Å². The minimum Gasteiger partial charge on any atom is -0.444 e. The van der Waals surface area contributed by atoms with E-state index in [0.29, 0.717) is 12.6 Å². The number of carbonyl (C=O) groups excluding carboxylic acids is 1. The van der Waals surface area contributed by atoms with Gasteiger partial charge >= 0.3 is 6.09 Å². The molecular weight excluding hydrogens is 304 g/mol. The third-order valence-corrected chi connectivity index (χ3v) is 4.12. The first-order valence-corrected chi connectivity index (χ1v) is 8.70. The number of amides is 1. The molecule has 0 spiro atoms. The van der Waals surface area contributed by atoms with E-state index in [0.717, 1.165) is 36.9 Å². The fourth-order valence-electron chi connectivity index (χ4n) is 2.89. The third-order valence-electron chi connectivity index (χ3n) is 4.12. The molecule has 1 aromatic carbocycles. The Hall–Kier alpha value is -1.75. The zero-order valence-electron chi connectivity index (χ0n) is 15.2. The van der Waals surface area contributed by atoms with E-state index in [-0.39, 0.29) is 12.2 Å². The summed E-state index contributed by atoms with van der Waals surface area (Å²) in [6.07, 6.45) is 3.24. The highest BCUT2D eigenvalue weighted by atomic mass is 16.6. The Labute approximate surface area is 145 Å². The molecule has 1 aromatic rings. The first-order valence-electron chi connectivity index (χ1n) is 8.70. The molecule has 0 bridgehead atoms. The smallest absolute Gasteiger partial charge is 0.410 e. The van der Waals surface area contributed by atoms with Gasteiger partial charge in [-0.1, -0.05) is 12.1 Å². The van der Waals surface area contributed by atoms with E-state index in [1.807, 2.05) is 39.0 Å². The Morgan fingerprint density at radius 1 is 1.29 bits per heavy atom. The van der Waals surface area contributed by atoms with Crippen molar-refractivity contribution in [3.05, 3.63) is 29.8 Å². The second-order valence-electron chi connectivity index (χ2n) is 7.69. The normalized spacial score (nSPS) is 21.2. The Balaban J connectivity index is 1.91. The van der Waals surface area contributed by atoms with Crippen molar-refractivity contribution >= 4 is 11.8 Å². The van der Waals surface area contributed by atoms with Crippen molar-refractivity contribution in [2.75, 3.05) is 12.4 Å². The monoisotopic (exact) mass is 334 g/mol. The van der Waals surface area contributed by atoms with Crippen molar-refractivity contribution in [3.63, 3.8) is 0 Å². The van der Waals surface area contributed by atoms with Gasteiger partial charge in [-0.25, -0.2) is 4.79 Å². The highest BCUT2D eigenvalue weighted by Crippen LogP contribution is 2.23. The van der Waals surface area contributed by atoms with Crippen LogP contribution < -0.4 is 5.32 Å². The molecule has 0 aromatic heterocycles. The lowest BCUT2D eigenvalue weighted by atomic mass is 9.93. The number of carbonyl (C=O) groups is 1. The molecule has 0 heterocycles. The zero-order valence-corrected chi connectivity index (χ0v) is 15.2. The zero-order chi connectivity index (χ0) is 17.7. The maximum absolute atomic E-state index is 12.1. The molecule has 2 rings (SSSR count). The Morgan fingerprint density at radius 2 is 1.96 bits per heavy atom. The molecule has 0 unspecified atom stereocenters. The Morgan fingerprint density at radius 3 is 2.58 bits per heavy atom. The highest BCUT2D eigenvalue weighted by molar-refractivity contribution is 5.67. The van der Waals surface area contributed by atoms with Crippen LogP contribution in [0.4, 0.5) is 10.5 Å². The van der Waals surface area contributed by atoms with Gasteiger partial charge in [0.05, 0.1) is 6.10 Å². The molecule has 0 saturated heterocycles. The van der Waals surface area contributed by atoms with Crippen LogP contribution in [0.3, 0.4) is 0 Å². The van der Waals surface area contributed by atoms with Crippen LogP contribution in [-0.2, 0) is 11.3 Å². The van der Waals surface area contributed by atoms with Crippen molar-refractivity contribution in [2.24, 2.45) is 0 Å². The molecule has 24 heavy (non-hydrogen) atoms. The highest BCUT2D eigenvalue weighted by Gasteiger charge is 2.21. The van der Waals surface area contributed by atoms with E-state index in [9.17, 15) is 9.90 Å². The average molecular weight is 334 g/mol. The number of rotatable bonds is 4. The predicted octanol–water partition coefficient (Wildman–Crippen LogP) is 3.77. The lowest BCUT2D eigenvalue weighted by Gasteiger charge is -2.27. The van der Waals surface area contributed by atoms with Crippen LogP contribution in [0.2, 0.25) is 0 Å². The maximum atomic E-state index is 12.1. The SMILES string of the molecule is CN(Cc1cccc(NC2CCC(O)CC2)c1)C(=O)OC(C)(C)C. The summed E-state index contributed by atoms with van der Waals surface area (Å²) < 4.78 is 5.38. The van der Waals surface area contributed by atoms with Crippen molar-refractivity contribution in [3.8, 4) is 0 Å². The van der Waals surface area contributed by atoms with Crippen molar-refractivity contribution in [2.45, 2.75) is 70.7 Å². The van der Waals surface area contributed by atoms with Gasteiger partial charge in [-0.3, -0.25) is 0 Å². The number of nitrogens with one attached hydrogen (secondary N) is 1. The largest absolute Gasteiger partial charge is 0.444 e. The molecule has 1 fully saturated rings. The summed E-state index contributed by atoms with van der Waals surface area (Å²) in [6.45, 7) is 6.10. The van der Waals surface area contributed by atoms with Gasteiger partial charge in [0, 0.05) is 25.3 Å². The minimum absolute atomic E-state index is 0.142. The molecule has 5 nitrogen and oxygen atoms in total. The van der Waals surface area contributed by atoms with Crippen LogP contribution in [0.1, 0.15) is 52.0 Å². The van der Waals surface area contributed by atoms with Crippen LogP contribution in [0.5, 0.6) is 0 Å². The van der Waals surface area contributed by atoms with Gasteiger partial charge in [0.1, 0.15) is 5.60 Å². The van der Waals surface area contributed by atoms with Crippen molar-refractivity contribution in [1.29, 1.82) is 0 Å². The Kier molecular flexibility index (Phi) is 6.10. The molecule has 1 aliphatic carbocycles.